The summed E-state index contributed by atoms with van der Waals surface area (Å²) < 4.78 is 0. The van der Waals surface area contributed by atoms with Gasteiger partial charge in [0, 0.05) is 18.4 Å². The van der Waals surface area contributed by atoms with E-state index in [0.717, 1.165) is 25.8 Å². The van der Waals surface area contributed by atoms with Crippen LogP contribution < -0.4 is 10.6 Å². The number of nitrogens with two attached hydrogens (primary N) is 1. The number of aryl methyl sites for hydroxylation is 2. The van der Waals surface area contributed by atoms with E-state index in [2.05, 4.69) is 40.2 Å². The van der Waals surface area contributed by atoms with Gasteiger partial charge in [-0.3, -0.25) is 4.98 Å². The molecule has 98 valence electrons. The maximum Gasteiger partial charge on any atom is 0.0643 e. The molecule has 1 aliphatic heterocycles. The molecule has 0 saturated heterocycles. The summed E-state index contributed by atoms with van der Waals surface area (Å²) in [6.07, 6.45) is 4.93. The highest BCUT2D eigenvalue weighted by molar-refractivity contribution is 5.69. The lowest BCUT2D eigenvalue weighted by molar-refractivity contribution is 0.814. The van der Waals surface area contributed by atoms with Crippen molar-refractivity contribution < 1.29 is 0 Å². The Kier molecular flexibility index (Phi) is 3.47. The molecule has 1 aliphatic rings. The predicted molar refractivity (Wildman–Crippen MR) is 78.8 cm³/mol. The minimum Gasteiger partial charge on any atom is -0.340 e. The van der Waals surface area contributed by atoms with Gasteiger partial charge in [0.05, 0.1) is 11.4 Å². The summed E-state index contributed by atoms with van der Waals surface area (Å²) in [6, 6.07) is 12.8. The second-order valence-corrected chi connectivity index (χ2v) is 4.89. The highest BCUT2D eigenvalue weighted by Crippen LogP contribution is 2.34. The first kappa shape index (κ1) is 12.2. The fourth-order valence-electron chi connectivity index (χ4n) is 2.73. The monoisotopic (exact) mass is 253 g/mol. The molecule has 0 fully saturated rings. The quantitative estimate of drug-likeness (QED) is 0.914. The fraction of sp³-hybridized carbons (Fsp3) is 0.312. The first-order valence-electron chi connectivity index (χ1n) is 6.89. The van der Waals surface area contributed by atoms with Gasteiger partial charge in [0.2, 0.25) is 0 Å². The van der Waals surface area contributed by atoms with E-state index in [1.807, 2.05) is 12.3 Å². The molecule has 3 heteroatoms. The summed E-state index contributed by atoms with van der Waals surface area (Å²) in [6.45, 7) is 1.67. The number of para-hydroxylation sites is 1. The number of rotatable bonds is 3. The van der Waals surface area contributed by atoms with Crippen molar-refractivity contribution in [3.63, 3.8) is 0 Å². The normalized spacial score (nSPS) is 13.6. The van der Waals surface area contributed by atoms with Crippen LogP contribution >= 0.6 is 0 Å². The average Bonchev–Trinajstić information content (AvgIpc) is 2.62. The Balaban J connectivity index is 2.08. The van der Waals surface area contributed by atoms with Crippen LogP contribution in [0.15, 0.2) is 42.6 Å². The third kappa shape index (κ3) is 2.34. The minimum atomic E-state index is 0.717. The molecule has 0 amide bonds. The molecule has 0 aliphatic carbocycles. The molecule has 0 atom stereocenters. The van der Waals surface area contributed by atoms with E-state index in [9.17, 15) is 0 Å². The highest BCUT2D eigenvalue weighted by Gasteiger charge is 2.20. The summed E-state index contributed by atoms with van der Waals surface area (Å²) in [5, 5.41) is 0. The summed E-state index contributed by atoms with van der Waals surface area (Å²) in [5.41, 5.74) is 10.8. The molecule has 0 unspecified atom stereocenters. The maximum absolute atomic E-state index is 5.68. The van der Waals surface area contributed by atoms with Gasteiger partial charge in [0.15, 0.2) is 0 Å². The molecule has 2 N–H and O–H groups in total. The lowest BCUT2D eigenvalue weighted by Gasteiger charge is -2.26. The third-order valence-corrected chi connectivity index (χ3v) is 3.66. The molecule has 3 rings (SSSR count). The Morgan fingerprint density at radius 2 is 1.89 bits per heavy atom. The molecule has 19 heavy (non-hydrogen) atoms. The number of pyridine rings is 1. The number of fused-ring (bicyclic) bond motifs is 2. The molecule has 3 nitrogen and oxygen atoms in total. The van der Waals surface area contributed by atoms with Crippen molar-refractivity contribution in [3.05, 3.63) is 53.9 Å². The first-order chi connectivity index (χ1) is 9.40. The Morgan fingerprint density at radius 1 is 1.05 bits per heavy atom. The zero-order valence-corrected chi connectivity index (χ0v) is 11.0. The van der Waals surface area contributed by atoms with E-state index in [4.69, 9.17) is 5.73 Å². The number of benzene rings is 1. The van der Waals surface area contributed by atoms with E-state index in [0.29, 0.717) is 6.54 Å². The molecular formula is C16H19N3. The van der Waals surface area contributed by atoms with Gasteiger partial charge in [-0.05, 0) is 49.6 Å². The zero-order valence-electron chi connectivity index (χ0n) is 11.0. The van der Waals surface area contributed by atoms with E-state index in [1.165, 1.54) is 22.6 Å². The third-order valence-electron chi connectivity index (χ3n) is 3.66. The highest BCUT2D eigenvalue weighted by atomic mass is 15.1. The number of aromatic nitrogens is 1. The molecule has 2 heterocycles. The van der Waals surface area contributed by atoms with Crippen molar-refractivity contribution in [1.29, 1.82) is 0 Å². The van der Waals surface area contributed by atoms with Crippen molar-refractivity contribution in [1.82, 2.24) is 4.98 Å². The lowest BCUT2D eigenvalue weighted by Crippen LogP contribution is -2.22. The van der Waals surface area contributed by atoms with Crippen LogP contribution in [0, 0.1) is 0 Å². The molecule has 0 spiro atoms. The maximum atomic E-state index is 5.68. The molecule has 0 bridgehead atoms. The molecule has 0 saturated carbocycles. The van der Waals surface area contributed by atoms with Crippen LogP contribution in [0.4, 0.5) is 11.4 Å². The van der Waals surface area contributed by atoms with Gasteiger partial charge >= 0.3 is 0 Å². The summed E-state index contributed by atoms with van der Waals surface area (Å²) >= 11 is 0. The van der Waals surface area contributed by atoms with Crippen LogP contribution in [0.25, 0.3) is 0 Å². The number of hydrogen-bond donors (Lipinski definition) is 1. The minimum absolute atomic E-state index is 0.717. The van der Waals surface area contributed by atoms with Crippen molar-refractivity contribution in [2.24, 2.45) is 5.73 Å². The molecule has 2 aromatic rings. The van der Waals surface area contributed by atoms with Crippen molar-refractivity contribution >= 4 is 11.4 Å². The Hall–Kier alpha value is -1.87. The van der Waals surface area contributed by atoms with Crippen LogP contribution in [-0.2, 0) is 12.8 Å². The predicted octanol–water partition coefficient (Wildman–Crippen LogP) is 2.67. The zero-order chi connectivity index (χ0) is 13.1. The molecule has 1 aromatic heterocycles. The van der Waals surface area contributed by atoms with Crippen molar-refractivity contribution in [2.75, 3.05) is 18.0 Å². The molecule has 0 radical (unpaired) electrons. The van der Waals surface area contributed by atoms with E-state index in [-0.39, 0.29) is 0 Å². The van der Waals surface area contributed by atoms with Crippen molar-refractivity contribution in [3.8, 4) is 0 Å². The van der Waals surface area contributed by atoms with Crippen LogP contribution in [-0.4, -0.2) is 18.1 Å². The Labute approximate surface area is 114 Å². The summed E-state index contributed by atoms with van der Waals surface area (Å²) in [7, 11) is 0. The van der Waals surface area contributed by atoms with Crippen LogP contribution in [0.3, 0.4) is 0 Å². The summed E-state index contributed by atoms with van der Waals surface area (Å²) in [5.74, 6) is 0. The van der Waals surface area contributed by atoms with Gasteiger partial charge in [0.25, 0.3) is 0 Å². The van der Waals surface area contributed by atoms with Gasteiger partial charge in [-0.2, -0.15) is 0 Å². The average molecular weight is 253 g/mol. The largest absolute Gasteiger partial charge is 0.340 e. The lowest BCUT2D eigenvalue weighted by atomic mass is 10.1. The van der Waals surface area contributed by atoms with Crippen molar-refractivity contribution in [2.45, 2.75) is 19.3 Å². The number of anilines is 2. The van der Waals surface area contributed by atoms with Gasteiger partial charge in [-0.15, -0.1) is 0 Å². The number of hydrogen-bond acceptors (Lipinski definition) is 3. The van der Waals surface area contributed by atoms with Gasteiger partial charge in [-0.25, -0.2) is 0 Å². The Morgan fingerprint density at radius 3 is 2.79 bits per heavy atom. The summed E-state index contributed by atoms with van der Waals surface area (Å²) in [4.78, 5) is 6.92. The topological polar surface area (TPSA) is 42.1 Å². The fourth-order valence-corrected chi connectivity index (χ4v) is 2.73. The van der Waals surface area contributed by atoms with Gasteiger partial charge < -0.3 is 10.6 Å². The second-order valence-electron chi connectivity index (χ2n) is 4.89. The van der Waals surface area contributed by atoms with E-state index < -0.39 is 0 Å². The number of nitrogens with zero attached hydrogens (tertiary/aromatic N) is 2. The van der Waals surface area contributed by atoms with Gasteiger partial charge in [-0.1, -0.05) is 18.2 Å². The van der Waals surface area contributed by atoms with Gasteiger partial charge in [0.1, 0.15) is 0 Å². The Bertz CT molecular complexity index is 518. The molecule has 1 aromatic carbocycles. The van der Waals surface area contributed by atoms with Crippen LogP contribution in [0.2, 0.25) is 0 Å². The SMILES string of the molecule is NCCCN1c2ccccc2CCc2ncccc21. The van der Waals surface area contributed by atoms with E-state index in [1.54, 1.807) is 0 Å². The standard InChI is InChI=1S/C16H19N3/c17-10-4-12-19-15-6-2-1-5-13(15)8-9-14-16(19)7-3-11-18-14/h1-3,5-7,11H,4,8-10,12,17H2. The van der Waals surface area contributed by atoms with Crippen LogP contribution in [0.5, 0.6) is 0 Å². The first-order valence-corrected chi connectivity index (χ1v) is 6.89. The second kappa shape index (κ2) is 5.41. The van der Waals surface area contributed by atoms with E-state index >= 15 is 0 Å². The molecular weight excluding hydrogens is 234 g/mol. The van der Waals surface area contributed by atoms with Crippen LogP contribution in [0.1, 0.15) is 17.7 Å². The smallest absolute Gasteiger partial charge is 0.0643 e.